The van der Waals surface area contributed by atoms with Crippen LogP contribution in [0.3, 0.4) is 0 Å². The van der Waals surface area contributed by atoms with Crippen molar-refractivity contribution < 1.29 is 19.0 Å². The van der Waals surface area contributed by atoms with Crippen LogP contribution in [0, 0.1) is 5.82 Å². The van der Waals surface area contributed by atoms with Gasteiger partial charge in [-0.25, -0.2) is 14.4 Å². The van der Waals surface area contributed by atoms with Crippen molar-refractivity contribution in [2.24, 2.45) is 0 Å². The number of nitrogens with zero attached hydrogens (tertiary/aromatic N) is 3. The van der Waals surface area contributed by atoms with Gasteiger partial charge >= 0.3 is 0 Å². The highest BCUT2D eigenvalue weighted by atomic mass is 35.5. The Labute approximate surface area is 270 Å². The molecule has 0 spiro atoms. The van der Waals surface area contributed by atoms with Crippen molar-refractivity contribution in [2.45, 2.75) is 45.0 Å². The monoisotopic (exact) mass is 653 g/mol. The van der Waals surface area contributed by atoms with E-state index in [1.165, 1.54) is 6.20 Å². The Kier molecular flexibility index (Phi) is 10.8. The van der Waals surface area contributed by atoms with Gasteiger partial charge in [0.05, 0.1) is 40.3 Å². The molecule has 0 aliphatic carbocycles. The normalized spacial score (nSPS) is 15.2. The van der Waals surface area contributed by atoms with Gasteiger partial charge in [0.2, 0.25) is 11.8 Å². The maximum absolute atomic E-state index is 15.2. The van der Waals surface area contributed by atoms with Crippen molar-refractivity contribution in [1.82, 2.24) is 30.9 Å². The lowest BCUT2D eigenvalue weighted by molar-refractivity contribution is -0.119. The van der Waals surface area contributed by atoms with Crippen LogP contribution in [-0.2, 0) is 17.9 Å². The molecule has 13 heteroatoms. The van der Waals surface area contributed by atoms with Crippen LogP contribution in [0.2, 0.25) is 10.0 Å². The first-order valence-corrected chi connectivity index (χ1v) is 15.3. The second-order valence-electron chi connectivity index (χ2n) is 10.7. The number of hydrogen-bond acceptors (Lipinski definition) is 9. The predicted octanol–water partition coefficient (Wildman–Crippen LogP) is 5.24. The van der Waals surface area contributed by atoms with Crippen LogP contribution in [0.1, 0.15) is 30.9 Å². The zero-order chi connectivity index (χ0) is 31.9. The second-order valence-corrected chi connectivity index (χ2v) is 11.5. The molecule has 1 fully saturated rings. The first-order valence-electron chi connectivity index (χ1n) is 14.5. The number of aliphatic hydroxyl groups excluding tert-OH is 1. The summed E-state index contributed by atoms with van der Waals surface area (Å²) in [5.74, 6) is 0.00804. The van der Waals surface area contributed by atoms with Crippen molar-refractivity contribution in [3.05, 3.63) is 81.8 Å². The number of aromatic nitrogens is 3. The molecule has 0 bridgehead atoms. The van der Waals surface area contributed by atoms with E-state index in [4.69, 9.17) is 32.9 Å². The molecule has 4 aromatic rings. The number of aliphatic hydroxyl groups is 1. The van der Waals surface area contributed by atoms with Crippen molar-refractivity contribution in [3.63, 3.8) is 0 Å². The molecule has 10 nitrogen and oxygen atoms in total. The Hall–Kier alpha value is -3.87. The summed E-state index contributed by atoms with van der Waals surface area (Å²) < 4.78 is 20.8. The summed E-state index contributed by atoms with van der Waals surface area (Å²) in [6.45, 7) is 3.38. The van der Waals surface area contributed by atoms with Crippen LogP contribution < -0.4 is 26.0 Å². The summed E-state index contributed by atoms with van der Waals surface area (Å²) in [5, 5.41) is 22.4. The number of hydrogen-bond donors (Lipinski definition) is 5. The molecule has 1 saturated heterocycles. The molecule has 5 rings (SSSR count). The smallest absolute Gasteiger partial charge is 0.220 e. The maximum atomic E-state index is 15.2. The van der Waals surface area contributed by atoms with E-state index in [1.807, 2.05) is 24.3 Å². The summed E-state index contributed by atoms with van der Waals surface area (Å²) in [6.07, 6.45) is 3.88. The molecule has 0 radical (unpaired) electrons. The van der Waals surface area contributed by atoms with E-state index in [0.29, 0.717) is 70.7 Å². The fraction of sp³-hybridized carbons (Fsp3) is 0.312. The lowest BCUT2D eigenvalue weighted by Crippen LogP contribution is -2.35. The number of rotatable bonds is 13. The number of amides is 1. The Balaban J connectivity index is 1.36. The lowest BCUT2D eigenvalue weighted by atomic mass is 10.0. The van der Waals surface area contributed by atoms with Gasteiger partial charge in [-0.1, -0.05) is 47.5 Å². The molecule has 4 heterocycles. The van der Waals surface area contributed by atoms with Gasteiger partial charge in [-0.2, -0.15) is 0 Å². The average Bonchev–Trinajstić information content (AvgIpc) is 3.45. The Bertz CT molecular complexity index is 1670. The van der Waals surface area contributed by atoms with Gasteiger partial charge in [0.25, 0.3) is 0 Å². The summed E-state index contributed by atoms with van der Waals surface area (Å²) in [5.41, 5.74) is 3.88. The molecule has 0 unspecified atom stereocenters. The Morgan fingerprint density at radius 1 is 1.04 bits per heavy atom. The number of benzene rings is 1. The van der Waals surface area contributed by atoms with Crippen molar-refractivity contribution >= 4 is 40.6 Å². The molecule has 236 valence electrons. The zero-order valence-electron chi connectivity index (χ0n) is 24.8. The van der Waals surface area contributed by atoms with Gasteiger partial charge < -0.3 is 31.1 Å². The topological polar surface area (TPSA) is 133 Å². The highest BCUT2D eigenvalue weighted by Gasteiger charge is 2.21. The van der Waals surface area contributed by atoms with E-state index in [-0.39, 0.29) is 29.3 Å². The van der Waals surface area contributed by atoms with E-state index < -0.39 is 11.9 Å². The predicted molar refractivity (Wildman–Crippen MR) is 173 cm³/mol. The number of anilines is 2. The minimum atomic E-state index is -0.551. The Morgan fingerprint density at radius 2 is 1.82 bits per heavy atom. The molecule has 1 aliphatic rings. The van der Waals surface area contributed by atoms with E-state index in [1.54, 1.807) is 38.4 Å². The summed E-state index contributed by atoms with van der Waals surface area (Å²) in [6, 6.07) is 12.6. The van der Waals surface area contributed by atoms with Crippen LogP contribution in [0.5, 0.6) is 5.88 Å². The number of pyridine rings is 3. The molecule has 1 aliphatic heterocycles. The van der Waals surface area contributed by atoms with Crippen LogP contribution in [-0.4, -0.2) is 58.3 Å². The van der Waals surface area contributed by atoms with Crippen molar-refractivity contribution in [3.8, 4) is 28.4 Å². The number of carbonyl (C=O) groups excluding carboxylic acids is 1. The van der Waals surface area contributed by atoms with E-state index in [0.717, 1.165) is 12.0 Å². The van der Waals surface area contributed by atoms with Gasteiger partial charge in [-0.15, -0.1) is 0 Å². The first-order chi connectivity index (χ1) is 21.7. The first kappa shape index (κ1) is 32.5. The van der Waals surface area contributed by atoms with E-state index >= 15 is 4.39 Å². The van der Waals surface area contributed by atoms with Gasteiger partial charge in [-0.05, 0) is 31.5 Å². The molecular weight excluding hydrogens is 620 g/mol. The number of nitrogens with one attached hydrogen (secondary N) is 4. The van der Waals surface area contributed by atoms with Gasteiger partial charge in [-0.3, -0.25) is 9.78 Å². The molecule has 2 atom stereocenters. The maximum Gasteiger partial charge on any atom is 0.220 e. The van der Waals surface area contributed by atoms with Crippen LogP contribution in [0.25, 0.3) is 22.5 Å². The fourth-order valence-corrected chi connectivity index (χ4v) is 5.61. The van der Waals surface area contributed by atoms with Gasteiger partial charge in [0, 0.05) is 73.3 Å². The second kappa shape index (κ2) is 14.9. The molecule has 1 amide bonds. The third-order valence-corrected chi connectivity index (χ3v) is 8.11. The molecule has 0 saturated carbocycles. The minimum Gasteiger partial charge on any atom is -0.481 e. The van der Waals surface area contributed by atoms with Crippen molar-refractivity contribution in [2.75, 3.05) is 25.5 Å². The Morgan fingerprint density at radius 3 is 2.58 bits per heavy atom. The largest absolute Gasteiger partial charge is 0.481 e. The van der Waals surface area contributed by atoms with Crippen LogP contribution >= 0.6 is 23.2 Å². The van der Waals surface area contributed by atoms with E-state index in [2.05, 4.69) is 31.2 Å². The standard InChI is InChI=1S/C32H34Cl2FN7O3/c1-18(43)14-36-15-19-10-12-39-31(29(19)35)41-25-11-13-38-30(28(25)34)23-5-3-4-22(27(23)33)24-8-6-20(32(42-24)45-2)16-37-17-21-7-9-26(44)40-21/h3-6,8,10-13,18,21,36-37,43H,7,9,14-17H2,1-2H3,(H,40,44)(H,38,39,41)/t18-,21+/m1/s1. The van der Waals surface area contributed by atoms with E-state index in [9.17, 15) is 9.90 Å². The van der Waals surface area contributed by atoms with Crippen LogP contribution in [0.15, 0.2) is 54.9 Å². The zero-order valence-corrected chi connectivity index (χ0v) is 26.3. The highest BCUT2D eigenvalue weighted by Crippen LogP contribution is 2.41. The van der Waals surface area contributed by atoms with Gasteiger partial charge in [0.15, 0.2) is 11.6 Å². The molecule has 45 heavy (non-hydrogen) atoms. The third kappa shape index (κ3) is 7.86. The summed E-state index contributed by atoms with van der Waals surface area (Å²) in [7, 11) is 1.56. The van der Waals surface area contributed by atoms with Crippen molar-refractivity contribution in [1.29, 1.82) is 0 Å². The SMILES string of the molecule is COc1nc(-c2cccc(-c3nccc(Nc4nccc(CNC[C@@H](C)O)c4F)c3Cl)c2Cl)ccc1CNC[C@@H]1CCC(=O)N1. The summed E-state index contributed by atoms with van der Waals surface area (Å²) in [4.78, 5) is 24.8. The lowest BCUT2D eigenvalue weighted by Gasteiger charge is -2.16. The number of methoxy groups -OCH3 is 1. The van der Waals surface area contributed by atoms with Crippen LogP contribution in [0.4, 0.5) is 15.9 Å². The summed E-state index contributed by atoms with van der Waals surface area (Å²) >= 11 is 13.7. The average molecular weight is 655 g/mol. The third-order valence-electron chi connectivity index (χ3n) is 7.32. The molecule has 3 aromatic heterocycles. The number of halogens is 3. The number of carbonyl (C=O) groups is 1. The molecule has 1 aromatic carbocycles. The fourth-order valence-electron chi connectivity index (χ4n) is 5.03. The van der Waals surface area contributed by atoms with Gasteiger partial charge in [0.1, 0.15) is 0 Å². The molecular formula is C32H34Cl2FN7O3. The highest BCUT2D eigenvalue weighted by molar-refractivity contribution is 6.39. The number of ether oxygens (including phenoxy) is 1. The quantitative estimate of drug-likeness (QED) is 0.131. The minimum absolute atomic E-state index is 0.00381. The molecule has 5 N–H and O–H groups in total.